The topological polar surface area (TPSA) is 3.24 Å². The minimum atomic E-state index is 0.781. The Morgan fingerprint density at radius 3 is 2.27 bits per heavy atom. The highest BCUT2D eigenvalue weighted by molar-refractivity contribution is 5.07. The number of rotatable bonds is 1. The first kappa shape index (κ1) is 7.60. The summed E-state index contributed by atoms with van der Waals surface area (Å²) in [5, 5.41) is 0. The molecule has 0 bridgehead atoms. The molecule has 64 valence electrons. The van der Waals surface area contributed by atoms with Crippen molar-refractivity contribution in [2.75, 3.05) is 13.6 Å². The Morgan fingerprint density at radius 2 is 1.91 bits per heavy atom. The zero-order valence-electron chi connectivity index (χ0n) is 7.93. The largest absolute Gasteiger partial charge is 0.303 e. The van der Waals surface area contributed by atoms with E-state index in [0.717, 1.165) is 17.4 Å². The third-order valence-corrected chi connectivity index (χ3v) is 3.59. The van der Waals surface area contributed by atoms with Gasteiger partial charge in [0, 0.05) is 6.04 Å². The zero-order valence-corrected chi connectivity index (χ0v) is 7.93. The van der Waals surface area contributed by atoms with Crippen molar-refractivity contribution in [2.45, 2.75) is 39.2 Å². The smallest absolute Gasteiger partial charge is 0.0172 e. The summed E-state index contributed by atoms with van der Waals surface area (Å²) >= 11 is 0. The number of hydrogen-bond donors (Lipinski definition) is 0. The molecule has 1 aliphatic carbocycles. The summed E-state index contributed by atoms with van der Waals surface area (Å²) in [6.45, 7) is 6.07. The Bertz CT molecular complexity index is 158. The van der Waals surface area contributed by atoms with Crippen LogP contribution < -0.4 is 0 Å². The van der Waals surface area contributed by atoms with Gasteiger partial charge < -0.3 is 4.90 Å². The van der Waals surface area contributed by atoms with Crippen molar-refractivity contribution in [1.82, 2.24) is 4.90 Å². The molecule has 0 amide bonds. The second-order valence-electron chi connectivity index (χ2n) is 4.78. The second kappa shape index (κ2) is 2.22. The van der Waals surface area contributed by atoms with Crippen molar-refractivity contribution in [3.63, 3.8) is 0 Å². The maximum Gasteiger partial charge on any atom is 0.0172 e. The molecule has 2 fully saturated rings. The Labute approximate surface area is 69.8 Å². The molecule has 0 N–H and O–H groups in total. The summed E-state index contributed by atoms with van der Waals surface area (Å²) in [4.78, 5) is 2.57. The SMILES string of the molecule is CC(C)[C@H]1N(C)CCC12CC2. The standard InChI is InChI=1S/C10H19N/c1-8(2)9-10(4-5-10)6-7-11(9)3/h8-9H,4-7H2,1-3H3/t9-/m1/s1. The quantitative estimate of drug-likeness (QED) is 0.558. The highest BCUT2D eigenvalue weighted by Gasteiger charge is 2.54. The van der Waals surface area contributed by atoms with Crippen molar-refractivity contribution in [2.24, 2.45) is 11.3 Å². The highest BCUT2D eigenvalue weighted by atomic mass is 15.2. The summed E-state index contributed by atoms with van der Waals surface area (Å²) in [5.74, 6) is 0.852. The molecule has 1 atom stereocenters. The van der Waals surface area contributed by atoms with Gasteiger partial charge in [0.25, 0.3) is 0 Å². The van der Waals surface area contributed by atoms with E-state index < -0.39 is 0 Å². The van der Waals surface area contributed by atoms with Gasteiger partial charge in [0.2, 0.25) is 0 Å². The van der Waals surface area contributed by atoms with Crippen molar-refractivity contribution >= 4 is 0 Å². The first-order valence-corrected chi connectivity index (χ1v) is 4.86. The number of hydrogen-bond acceptors (Lipinski definition) is 1. The van der Waals surface area contributed by atoms with E-state index in [0.29, 0.717) is 0 Å². The lowest BCUT2D eigenvalue weighted by Gasteiger charge is -2.28. The van der Waals surface area contributed by atoms with Crippen LogP contribution in [-0.4, -0.2) is 24.5 Å². The van der Waals surface area contributed by atoms with Crippen LogP contribution in [0.1, 0.15) is 33.1 Å². The minimum Gasteiger partial charge on any atom is -0.303 e. The maximum absolute atomic E-state index is 2.57. The van der Waals surface area contributed by atoms with Gasteiger partial charge >= 0.3 is 0 Å². The molecule has 2 rings (SSSR count). The normalized spacial score (nSPS) is 35.5. The maximum atomic E-state index is 2.57. The van der Waals surface area contributed by atoms with E-state index in [1.165, 1.54) is 25.8 Å². The molecular formula is C10H19N. The second-order valence-corrected chi connectivity index (χ2v) is 4.78. The van der Waals surface area contributed by atoms with Gasteiger partial charge in [-0.25, -0.2) is 0 Å². The van der Waals surface area contributed by atoms with Crippen LogP contribution in [0.4, 0.5) is 0 Å². The fourth-order valence-corrected chi connectivity index (χ4v) is 3.08. The van der Waals surface area contributed by atoms with E-state index in [1.807, 2.05) is 0 Å². The Morgan fingerprint density at radius 1 is 1.27 bits per heavy atom. The lowest BCUT2D eigenvalue weighted by atomic mass is 9.88. The molecule has 0 aromatic heterocycles. The van der Waals surface area contributed by atoms with Crippen molar-refractivity contribution in [3.8, 4) is 0 Å². The summed E-state index contributed by atoms with van der Waals surface area (Å²) in [6, 6.07) is 0.891. The van der Waals surface area contributed by atoms with Gasteiger partial charge in [-0.2, -0.15) is 0 Å². The zero-order chi connectivity index (χ0) is 8.06. The van der Waals surface area contributed by atoms with Crippen LogP contribution in [0.15, 0.2) is 0 Å². The Kier molecular flexibility index (Phi) is 1.54. The highest BCUT2D eigenvalue weighted by Crippen LogP contribution is 2.58. The van der Waals surface area contributed by atoms with E-state index in [2.05, 4.69) is 25.8 Å². The monoisotopic (exact) mass is 153 g/mol. The van der Waals surface area contributed by atoms with E-state index in [-0.39, 0.29) is 0 Å². The lowest BCUT2D eigenvalue weighted by Crippen LogP contribution is -2.34. The van der Waals surface area contributed by atoms with Gasteiger partial charge in [-0.15, -0.1) is 0 Å². The van der Waals surface area contributed by atoms with E-state index in [4.69, 9.17) is 0 Å². The van der Waals surface area contributed by atoms with Crippen LogP contribution in [-0.2, 0) is 0 Å². The molecule has 1 saturated heterocycles. The number of likely N-dealkylation sites (tertiary alicyclic amines) is 1. The van der Waals surface area contributed by atoms with Gasteiger partial charge in [0.15, 0.2) is 0 Å². The van der Waals surface area contributed by atoms with Crippen molar-refractivity contribution < 1.29 is 0 Å². The van der Waals surface area contributed by atoms with Crippen LogP contribution in [0.25, 0.3) is 0 Å². The van der Waals surface area contributed by atoms with Crippen LogP contribution in [0.2, 0.25) is 0 Å². The fraction of sp³-hybridized carbons (Fsp3) is 1.00. The molecule has 1 saturated carbocycles. The summed E-state index contributed by atoms with van der Waals surface area (Å²) in [6.07, 6.45) is 4.47. The fourth-order valence-electron chi connectivity index (χ4n) is 3.08. The molecule has 0 aromatic carbocycles. The molecule has 1 nitrogen and oxygen atoms in total. The first-order chi connectivity index (χ1) is 5.16. The summed E-state index contributed by atoms with van der Waals surface area (Å²) in [7, 11) is 2.29. The molecule has 1 heteroatoms. The average molecular weight is 153 g/mol. The first-order valence-electron chi connectivity index (χ1n) is 4.86. The molecule has 0 unspecified atom stereocenters. The van der Waals surface area contributed by atoms with E-state index in [9.17, 15) is 0 Å². The summed E-state index contributed by atoms with van der Waals surface area (Å²) in [5.41, 5.74) is 0.781. The molecule has 1 heterocycles. The van der Waals surface area contributed by atoms with Crippen LogP contribution in [0, 0.1) is 11.3 Å². The molecule has 11 heavy (non-hydrogen) atoms. The predicted molar refractivity (Wildman–Crippen MR) is 47.5 cm³/mol. The van der Waals surface area contributed by atoms with E-state index >= 15 is 0 Å². The third-order valence-electron chi connectivity index (χ3n) is 3.59. The van der Waals surface area contributed by atoms with Gasteiger partial charge in [-0.05, 0) is 44.2 Å². The van der Waals surface area contributed by atoms with E-state index in [1.54, 1.807) is 0 Å². The molecular weight excluding hydrogens is 134 g/mol. The van der Waals surface area contributed by atoms with Crippen LogP contribution >= 0.6 is 0 Å². The third kappa shape index (κ3) is 1.01. The van der Waals surface area contributed by atoms with Gasteiger partial charge in [-0.1, -0.05) is 13.8 Å². The summed E-state index contributed by atoms with van der Waals surface area (Å²) < 4.78 is 0. The van der Waals surface area contributed by atoms with Crippen LogP contribution in [0.3, 0.4) is 0 Å². The van der Waals surface area contributed by atoms with Gasteiger partial charge in [-0.3, -0.25) is 0 Å². The average Bonchev–Trinajstić information content (AvgIpc) is 2.56. The Hall–Kier alpha value is -0.0400. The molecule has 1 aliphatic heterocycles. The Balaban J connectivity index is 2.13. The van der Waals surface area contributed by atoms with Crippen LogP contribution in [0.5, 0.6) is 0 Å². The molecule has 0 radical (unpaired) electrons. The van der Waals surface area contributed by atoms with Gasteiger partial charge in [0.1, 0.15) is 0 Å². The van der Waals surface area contributed by atoms with Crippen molar-refractivity contribution in [3.05, 3.63) is 0 Å². The number of nitrogens with zero attached hydrogens (tertiary/aromatic N) is 1. The lowest BCUT2D eigenvalue weighted by molar-refractivity contribution is 0.199. The molecule has 1 spiro atoms. The molecule has 0 aromatic rings. The predicted octanol–water partition coefficient (Wildman–Crippen LogP) is 2.13. The minimum absolute atomic E-state index is 0.781. The van der Waals surface area contributed by atoms with Crippen molar-refractivity contribution in [1.29, 1.82) is 0 Å². The van der Waals surface area contributed by atoms with Gasteiger partial charge in [0.05, 0.1) is 0 Å². The molecule has 2 aliphatic rings.